The molecule has 0 heterocycles. The molecular formula is C22H27F3O3. The minimum Gasteiger partial charge on any atom is -0.491 e. The average molecular weight is 396 g/mol. The summed E-state index contributed by atoms with van der Waals surface area (Å²) in [5.41, 5.74) is 1.70. The van der Waals surface area contributed by atoms with E-state index < -0.39 is 25.3 Å². The molecule has 6 heteroatoms. The highest BCUT2D eigenvalue weighted by molar-refractivity contribution is 5.41. The van der Waals surface area contributed by atoms with Crippen LogP contribution in [0.2, 0.25) is 0 Å². The van der Waals surface area contributed by atoms with Crippen molar-refractivity contribution in [2.75, 3.05) is 19.9 Å². The summed E-state index contributed by atoms with van der Waals surface area (Å²) in [6, 6.07) is 14.5. The Bertz CT molecular complexity index is 728. The molecule has 3 nitrogen and oxygen atoms in total. The number of rotatable bonds is 10. The summed E-state index contributed by atoms with van der Waals surface area (Å²) in [5.74, 6) is -2.52. The molecule has 28 heavy (non-hydrogen) atoms. The van der Waals surface area contributed by atoms with Crippen molar-refractivity contribution in [2.45, 2.75) is 44.6 Å². The zero-order valence-electron chi connectivity index (χ0n) is 16.4. The number of hydrogen-bond donors (Lipinski definition) is 1. The fourth-order valence-electron chi connectivity index (χ4n) is 2.64. The second-order valence-electron chi connectivity index (χ2n) is 7.33. The van der Waals surface area contributed by atoms with Gasteiger partial charge in [-0.3, -0.25) is 0 Å². The standard InChI is InChI=1S/C22H27F3O3/c1-4-18(26)13-27-19-9-5-16(6-10-19)21(2,3)17-7-11-20(12-8-17)28-15-22(24,25)14-23/h5-12,18,26H,4,13-15H2,1-3H3. The Morgan fingerprint density at radius 3 is 1.79 bits per heavy atom. The highest BCUT2D eigenvalue weighted by Gasteiger charge is 2.30. The summed E-state index contributed by atoms with van der Waals surface area (Å²) in [7, 11) is 0. The number of ether oxygens (including phenoxy) is 2. The van der Waals surface area contributed by atoms with Crippen LogP contribution in [0.1, 0.15) is 38.3 Å². The highest BCUT2D eigenvalue weighted by Crippen LogP contribution is 2.33. The van der Waals surface area contributed by atoms with E-state index in [2.05, 4.69) is 13.8 Å². The van der Waals surface area contributed by atoms with Crippen molar-refractivity contribution >= 4 is 0 Å². The second-order valence-corrected chi connectivity index (χ2v) is 7.33. The van der Waals surface area contributed by atoms with Crippen LogP contribution < -0.4 is 9.47 Å². The number of alkyl halides is 3. The average Bonchev–Trinajstić information content (AvgIpc) is 2.71. The van der Waals surface area contributed by atoms with Gasteiger partial charge in [-0.05, 0) is 41.8 Å². The largest absolute Gasteiger partial charge is 0.491 e. The number of aliphatic hydroxyl groups is 1. The summed E-state index contributed by atoms with van der Waals surface area (Å²) >= 11 is 0. The molecular weight excluding hydrogens is 369 g/mol. The van der Waals surface area contributed by atoms with Gasteiger partial charge in [-0.2, -0.15) is 8.78 Å². The monoisotopic (exact) mass is 396 g/mol. The minimum absolute atomic E-state index is 0.252. The third-order valence-corrected chi connectivity index (χ3v) is 4.71. The molecule has 1 N–H and O–H groups in total. The van der Waals surface area contributed by atoms with Gasteiger partial charge in [0.05, 0.1) is 6.10 Å². The Morgan fingerprint density at radius 1 is 0.893 bits per heavy atom. The van der Waals surface area contributed by atoms with Gasteiger partial charge in [-0.1, -0.05) is 45.0 Å². The molecule has 1 atom stereocenters. The van der Waals surface area contributed by atoms with Gasteiger partial charge in [0.2, 0.25) is 0 Å². The lowest BCUT2D eigenvalue weighted by atomic mass is 9.78. The van der Waals surface area contributed by atoms with E-state index in [1.54, 1.807) is 12.1 Å². The van der Waals surface area contributed by atoms with E-state index in [-0.39, 0.29) is 17.8 Å². The molecule has 0 amide bonds. The third-order valence-electron chi connectivity index (χ3n) is 4.71. The molecule has 0 aliphatic carbocycles. The van der Waals surface area contributed by atoms with Crippen LogP contribution >= 0.6 is 0 Å². The molecule has 0 radical (unpaired) electrons. The Hall–Kier alpha value is -2.21. The molecule has 1 unspecified atom stereocenters. The summed E-state index contributed by atoms with van der Waals surface area (Å²) in [4.78, 5) is 0. The quantitative estimate of drug-likeness (QED) is 0.604. The van der Waals surface area contributed by atoms with E-state index >= 15 is 0 Å². The molecule has 154 valence electrons. The first-order valence-electron chi connectivity index (χ1n) is 9.26. The summed E-state index contributed by atoms with van der Waals surface area (Å²) in [5, 5.41) is 9.58. The normalized spacial score (nSPS) is 13.2. The molecule has 0 saturated carbocycles. The number of benzene rings is 2. The van der Waals surface area contributed by atoms with Crippen LogP contribution in [0.15, 0.2) is 48.5 Å². The first kappa shape index (κ1) is 22.1. The van der Waals surface area contributed by atoms with E-state index in [1.807, 2.05) is 43.3 Å². The Morgan fingerprint density at radius 2 is 1.36 bits per heavy atom. The van der Waals surface area contributed by atoms with E-state index in [9.17, 15) is 18.3 Å². The Balaban J connectivity index is 2.05. The SMILES string of the molecule is CCC(O)COc1ccc(C(C)(C)c2ccc(OCC(F)(F)CF)cc2)cc1. The number of halogens is 3. The van der Waals surface area contributed by atoms with Gasteiger partial charge >= 0.3 is 5.92 Å². The van der Waals surface area contributed by atoms with Gasteiger partial charge in [0.15, 0.2) is 13.3 Å². The third kappa shape index (κ3) is 5.89. The second kappa shape index (κ2) is 9.32. The van der Waals surface area contributed by atoms with Crippen LogP contribution in [0, 0.1) is 0 Å². The fourth-order valence-corrected chi connectivity index (χ4v) is 2.64. The van der Waals surface area contributed by atoms with Crippen LogP contribution in [0.5, 0.6) is 11.5 Å². The highest BCUT2D eigenvalue weighted by atomic mass is 19.3. The van der Waals surface area contributed by atoms with Crippen LogP contribution in [-0.2, 0) is 5.41 Å². The molecule has 0 spiro atoms. The van der Waals surface area contributed by atoms with Crippen LogP contribution in [-0.4, -0.2) is 37.0 Å². The molecule has 0 aliphatic heterocycles. The Kier molecular flexibility index (Phi) is 7.35. The van der Waals surface area contributed by atoms with Gasteiger partial charge in [-0.15, -0.1) is 0 Å². The predicted octanol–water partition coefficient (Wildman–Crippen LogP) is 5.15. The van der Waals surface area contributed by atoms with Crippen LogP contribution in [0.4, 0.5) is 13.2 Å². The maximum atomic E-state index is 13.0. The van der Waals surface area contributed by atoms with Crippen molar-refractivity contribution in [1.29, 1.82) is 0 Å². The first-order valence-corrected chi connectivity index (χ1v) is 9.26. The maximum absolute atomic E-state index is 13.0. The molecule has 0 aromatic heterocycles. The van der Waals surface area contributed by atoms with E-state index in [4.69, 9.17) is 9.47 Å². The van der Waals surface area contributed by atoms with Crippen molar-refractivity contribution < 1.29 is 27.8 Å². The molecule has 0 aliphatic rings. The van der Waals surface area contributed by atoms with Gasteiger partial charge in [-0.25, -0.2) is 4.39 Å². The topological polar surface area (TPSA) is 38.7 Å². The van der Waals surface area contributed by atoms with Crippen molar-refractivity contribution in [2.24, 2.45) is 0 Å². The summed E-state index contributed by atoms with van der Waals surface area (Å²) in [6.07, 6.45) is 0.151. The zero-order valence-corrected chi connectivity index (χ0v) is 16.4. The maximum Gasteiger partial charge on any atom is 0.309 e. The number of aliphatic hydroxyl groups excluding tert-OH is 1. The number of hydrogen-bond acceptors (Lipinski definition) is 3. The summed E-state index contributed by atoms with van der Waals surface area (Å²) < 4.78 is 48.6. The van der Waals surface area contributed by atoms with Gasteiger partial charge in [0.1, 0.15) is 18.1 Å². The molecule has 2 aromatic rings. The lowest BCUT2D eigenvalue weighted by Gasteiger charge is -2.26. The van der Waals surface area contributed by atoms with E-state index in [0.29, 0.717) is 12.2 Å². The zero-order chi connectivity index (χ0) is 20.8. The predicted molar refractivity (Wildman–Crippen MR) is 103 cm³/mol. The lowest BCUT2D eigenvalue weighted by molar-refractivity contribution is -0.0584. The van der Waals surface area contributed by atoms with Gasteiger partial charge in [0, 0.05) is 5.41 Å². The van der Waals surface area contributed by atoms with Crippen molar-refractivity contribution in [1.82, 2.24) is 0 Å². The fraction of sp³-hybridized carbons (Fsp3) is 0.455. The van der Waals surface area contributed by atoms with Gasteiger partial charge in [0.25, 0.3) is 0 Å². The van der Waals surface area contributed by atoms with Crippen molar-refractivity contribution in [3.63, 3.8) is 0 Å². The molecule has 2 rings (SSSR count). The molecule has 0 fully saturated rings. The van der Waals surface area contributed by atoms with Crippen molar-refractivity contribution in [3.05, 3.63) is 59.7 Å². The van der Waals surface area contributed by atoms with E-state index in [0.717, 1.165) is 11.1 Å². The molecule has 0 saturated heterocycles. The summed E-state index contributed by atoms with van der Waals surface area (Å²) in [6.45, 7) is 3.52. The van der Waals surface area contributed by atoms with E-state index in [1.165, 1.54) is 0 Å². The van der Waals surface area contributed by atoms with Crippen molar-refractivity contribution in [3.8, 4) is 11.5 Å². The lowest BCUT2D eigenvalue weighted by Crippen LogP contribution is -2.27. The smallest absolute Gasteiger partial charge is 0.309 e. The Labute approximate surface area is 164 Å². The van der Waals surface area contributed by atoms with Crippen LogP contribution in [0.25, 0.3) is 0 Å². The van der Waals surface area contributed by atoms with Crippen LogP contribution in [0.3, 0.4) is 0 Å². The van der Waals surface area contributed by atoms with Gasteiger partial charge < -0.3 is 14.6 Å². The molecule has 0 bridgehead atoms. The minimum atomic E-state index is -3.48. The molecule has 2 aromatic carbocycles. The first-order chi connectivity index (χ1) is 13.2.